The molecule has 0 saturated carbocycles. The molecular formula is C14H10Cl2N2O3. The van der Waals surface area contributed by atoms with E-state index in [2.05, 4.69) is 10.3 Å². The first-order chi connectivity index (χ1) is 9.95. The first-order valence-corrected chi connectivity index (χ1v) is 6.64. The second-order valence-corrected chi connectivity index (χ2v) is 4.98. The van der Waals surface area contributed by atoms with Crippen molar-refractivity contribution >= 4 is 40.8 Å². The Balaban J connectivity index is 2.08. The largest absolute Gasteiger partial charge is 0.481 e. The van der Waals surface area contributed by atoms with E-state index >= 15 is 0 Å². The van der Waals surface area contributed by atoms with Gasteiger partial charge in [0, 0.05) is 11.9 Å². The standard InChI is InChI=1S/C14H10Cl2N2O3/c15-11-6-9(7-17-13(11)16)14(21)18-10-3-1-8(2-4-10)5-12(19)20/h1-4,6-7H,5H2,(H,18,21)(H,19,20). The molecule has 0 saturated heterocycles. The number of nitrogens with zero attached hydrogens (tertiary/aromatic N) is 1. The Morgan fingerprint density at radius 3 is 2.43 bits per heavy atom. The highest BCUT2D eigenvalue weighted by Crippen LogP contribution is 2.20. The van der Waals surface area contributed by atoms with E-state index in [9.17, 15) is 9.59 Å². The van der Waals surface area contributed by atoms with E-state index in [1.807, 2.05) is 0 Å². The van der Waals surface area contributed by atoms with Gasteiger partial charge < -0.3 is 10.4 Å². The molecule has 21 heavy (non-hydrogen) atoms. The van der Waals surface area contributed by atoms with Gasteiger partial charge in [-0.25, -0.2) is 4.98 Å². The molecule has 0 aliphatic heterocycles. The molecule has 1 aromatic heterocycles. The topological polar surface area (TPSA) is 79.3 Å². The maximum absolute atomic E-state index is 12.0. The van der Waals surface area contributed by atoms with Crippen molar-refractivity contribution in [2.24, 2.45) is 0 Å². The van der Waals surface area contributed by atoms with Gasteiger partial charge >= 0.3 is 5.97 Å². The Kier molecular flexibility index (Phi) is 4.77. The first kappa shape index (κ1) is 15.3. The lowest BCUT2D eigenvalue weighted by Crippen LogP contribution is -2.12. The van der Waals surface area contributed by atoms with Crippen molar-refractivity contribution in [3.63, 3.8) is 0 Å². The lowest BCUT2D eigenvalue weighted by atomic mass is 10.1. The maximum atomic E-state index is 12.0. The molecule has 0 atom stereocenters. The van der Waals surface area contributed by atoms with Crippen LogP contribution in [0.4, 0.5) is 5.69 Å². The van der Waals surface area contributed by atoms with Crippen LogP contribution in [0.25, 0.3) is 0 Å². The molecule has 1 heterocycles. The SMILES string of the molecule is O=C(O)Cc1ccc(NC(=O)c2cnc(Cl)c(Cl)c2)cc1. The van der Waals surface area contributed by atoms with Crippen LogP contribution in [0.1, 0.15) is 15.9 Å². The van der Waals surface area contributed by atoms with Crippen LogP contribution in [0.2, 0.25) is 10.2 Å². The molecule has 0 unspecified atom stereocenters. The van der Waals surface area contributed by atoms with Crippen LogP contribution in [0.5, 0.6) is 0 Å². The first-order valence-electron chi connectivity index (χ1n) is 5.89. The number of aliphatic carboxylic acids is 1. The zero-order chi connectivity index (χ0) is 15.4. The number of anilines is 1. The average molecular weight is 325 g/mol. The van der Waals surface area contributed by atoms with Gasteiger partial charge in [0.25, 0.3) is 5.91 Å². The highest BCUT2D eigenvalue weighted by molar-refractivity contribution is 6.41. The maximum Gasteiger partial charge on any atom is 0.307 e. The number of rotatable bonds is 4. The minimum absolute atomic E-state index is 0.0645. The summed E-state index contributed by atoms with van der Waals surface area (Å²) in [5.74, 6) is -1.29. The predicted molar refractivity (Wildman–Crippen MR) is 80.0 cm³/mol. The molecule has 0 fully saturated rings. The zero-order valence-electron chi connectivity index (χ0n) is 10.6. The molecule has 0 aliphatic rings. The minimum Gasteiger partial charge on any atom is -0.481 e. The minimum atomic E-state index is -0.909. The van der Waals surface area contributed by atoms with Gasteiger partial charge in [-0.1, -0.05) is 35.3 Å². The van der Waals surface area contributed by atoms with E-state index in [1.165, 1.54) is 12.3 Å². The zero-order valence-corrected chi connectivity index (χ0v) is 12.1. The van der Waals surface area contributed by atoms with E-state index in [-0.39, 0.29) is 28.1 Å². The molecule has 0 aliphatic carbocycles. The Bertz CT molecular complexity index is 687. The van der Waals surface area contributed by atoms with Crippen LogP contribution >= 0.6 is 23.2 Å². The molecular weight excluding hydrogens is 315 g/mol. The monoisotopic (exact) mass is 324 g/mol. The van der Waals surface area contributed by atoms with Gasteiger partial charge in [0.05, 0.1) is 17.0 Å². The number of carbonyl (C=O) groups excluding carboxylic acids is 1. The lowest BCUT2D eigenvalue weighted by Gasteiger charge is -2.06. The molecule has 5 nitrogen and oxygen atoms in total. The Morgan fingerprint density at radius 2 is 1.86 bits per heavy atom. The van der Waals surface area contributed by atoms with E-state index in [4.69, 9.17) is 28.3 Å². The van der Waals surface area contributed by atoms with Crippen LogP contribution in [0.15, 0.2) is 36.5 Å². The third-order valence-corrected chi connectivity index (χ3v) is 3.31. The van der Waals surface area contributed by atoms with Crippen molar-refractivity contribution in [3.05, 3.63) is 57.8 Å². The summed E-state index contributed by atoms with van der Waals surface area (Å²) in [5.41, 5.74) is 1.47. The summed E-state index contributed by atoms with van der Waals surface area (Å²) in [6, 6.07) is 7.95. The Hall–Kier alpha value is -2.11. The summed E-state index contributed by atoms with van der Waals surface area (Å²) in [5, 5.41) is 11.7. The number of pyridine rings is 1. The summed E-state index contributed by atoms with van der Waals surface area (Å²) in [6.45, 7) is 0. The molecule has 0 spiro atoms. The molecule has 1 amide bonds. The van der Waals surface area contributed by atoms with Gasteiger partial charge in [0.15, 0.2) is 0 Å². The van der Waals surface area contributed by atoms with Crippen LogP contribution in [0.3, 0.4) is 0 Å². The fourth-order valence-corrected chi connectivity index (χ4v) is 1.90. The molecule has 7 heteroatoms. The van der Waals surface area contributed by atoms with Gasteiger partial charge in [0.1, 0.15) is 5.15 Å². The summed E-state index contributed by atoms with van der Waals surface area (Å²) in [6.07, 6.45) is 1.26. The van der Waals surface area contributed by atoms with Crippen molar-refractivity contribution in [3.8, 4) is 0 Å². The van der Waals surface area contributed by atoms with Crippen LogP contribution in [-0.4, -0.2) is 22.0 Å². The third-order valence-electron chi connectivity index (χ3n) is 2.63. The van der Waals surface area contributed by atoms with Crippen LogP contribution in [-0.2, 0) is 11.2 Å². The lowest BCUT2D eigenvalue weighted by molar-refractivity contribution is -0.136. The number of nitrogens with one attached hydrogen (secondary N) is 1. The summed E-state index contributed by atoms with van der Waals surface area (Å²) in [4.78, 5) is 26.4. The number of benzene rings is 1. The Labute approximate surface area is 130 Å². The molecule has 1 aromatic carbocycles. The van der Waals surface area contributed by atoms with Crippen LogP contribution < -0.4 is 5.32 Å². The predicted octanol–water partition coefficient (Wildman–Crippen LogP) is 3.27. The Morgan fingerprint density at radius 1 is 1.19 bits per heavy atom. The van der Waals surface area contributed by atoms with Crippen LogP contribution in [0, 0.1) is 0 Å². The molecule has 108 valence electrons. The van der Waals surface area contributed by atoms with E-state index in [0.717, 1.165) is 0 Å². The highest BCUT2D eigenvalue weighted by atomic mass is 35.5. The van der Waals surface area contributed by atoms with Crippen molar-refractivity contribution in [1.29, 1.82) is 0 Å². The number of halogens is 2. The number of carboxylic acid groups (broad SMARTS) is 1. The summed E-state index contributed by atoms with van der Waals surface area (Å²) in [7, 11) is 0. The van der Waals surface area contributed by atoms with E-state index < -0.39 is 5.97 Å². The van der Waals surface area contributed by atoms with Gasteiger partial charge in [-0.05, 0) is 23.8 Å². The smallest absolute Gasteiger partial charge is 0.307 e. The molecule has 0 bridgehead atoms. The highest BCUT2D eigenvalue weighted by Gasteiger charge is 2.09. The summed E-state index contributed by atoms with van der Waals surface area (Å²) < 4.78 is 0. The number of aromatic nitrogens is 1. The molecule has 0 radical (unpaired) electrons. The number of hydrogen-bond acceptors (Lipinski definition) is 3. The van der Waals surface area contributed by atoms with Crippen molar-refractivity contribution in [1.82, 2.24) is 4.98 Å². The quantitative estimate of drug-likeness (QED) is 0.846. The average Bonchev–Trinajstić information content (AvgIpc) is 2.43. The number of carbonyl (C=O) groups is 2. The number of hydrogen-bond donors (Lipinski definition) is 2. The molecule has 2 rings (SSSR count). The number of carboxylic acids is 1. The normalized spacial score (nSPS) is 10.2. The van der Waals surface area contributed by atoms with Gasteiger partial charge in [-0.2, -0.15) is 0 Å². The third kappa shape index (κ3) is 4.18. The van der Waals surface area contributed by atoms with E-state index in [1.54, 1.807) is 24.3 Å². The van der Waals surface area contributed by atoms with Gasteiger partial charge in [-0.3, -0.25) is 9.59 Å². The fourth-order valence-electron chi connectivity index (χ4n) is 1.63. The molecule has 2 aromatic rings. The fraction of sp³-hybridized carbons (Fsp3) is 0.0714. The second kappa shape index (κ2) is 6.56. The molecule has 2 N–H and O–H groups in total. The van der Waals surface area contributed by atoms with Gasteiger partial charge in [0.2, 0.25) is 0 Å². The van der Waals surface area contributed by atoms with Gasteiger partial charge in [-0.15, -0.1) is 0 Å². The second-order valence-electron chi connectivity index (χ2n) is 4.22. The van der Waals surface area contributed by atoms with Crippen molar-refractivity contribution in [2.75, 3.05) is 5.32 Å². The summed E-state index contributed by atoms with van der Waals surface area (Å²) >= 11 is 11.5. The number of amides is 1. The van der Waals surface area contributed by atoms with Crippen molar-refractivity contribution in [2.45, 2.75) is 6.42 Å². The van der Waals surface area contributed by atoms with E-state index in [0.29, 0.717) is 11.3 Å². The van der Waals surface area contributed by atoms with Crippen molar-refractivity contribution < 1.29 is 14.7 Å².